The normalized spacial score (nSPS) is 10.4. The van der Waals surface area contributed by atoms with Gasteiger partial charge in [-0.25, -0.2) is 0 Å². The molecule has 1 aromatic carbocycles. The van der Waals surface area contributed by atoms with Crippen LogP contribution in [0.15, 0.2) is 33.7 Å². The van der Waals surface area contributed by atoms with E-state index < -0.39 is 16.0 Å². The van der Waals surface area contributed by atoms with E-state index in [9.17, 15) is 18.3 Å². The molecule has 0 fully saturated rings. The molecule has 0 radical (unpaired) electrons. The maximum Gasteiger partial charge on any atom is 0.355 e. The van der Waals surface area contributed by atoms with Crippen LogP contribution in [0, 0.1) is 5.53 Å². The second-order valence-electron chi connectivity index (χ2n) is 2.47. The first-order chi connectivity index (χ1) is 6.97. The van der Waals surface area contributed by atoms with Gasteiger partial charge < -0.3 is 9.90 Å². The number of nitrogens with zero attached hydrogens (tertiary/aromatic N) is 2. The molecule has 78 valence electrons. The lowest BCUT2D eigenvalue weighted by Crippen LogP contribution is -2.22. The predicted octanol–water partition coefficient (Wildman–Crippen LogP) is -0.711. The number of carbonyl (C=O) groups excluding carboxylic acids is 1. The fraction of sp³-hybridized carbons (Fsp3) is 0. The number of hydrogen-bond acceptors (Lipinski definition) is 5. The Morgan fingerprint density at radius 2 is 1.87 bits per heavy atom. The summed E-state index contributed by atoms with van der Waals surface area (Å²) in [5.74, 6) is -1.40. The van der Waals surface area contributed by atoms with E-state index in [0.717, 1.165) is 24.3 Å². The molecule has 0 saturated heterocycles. The third-order valence-electron chi connectivity index (χ3n) is 1.54. The monoisotopic (exact) mass is 227 g/mol. The van der Waals surface area contributed by atoms with Gasteiger partial charge in [0.25, 0.3) is 4.52 Å². The average molecular weight is 227 g/mol. The molecule has 0 unspecified atom stereocenters. The average Bonchev–Trinajstić information content (AvgIpc) is 2.18. The fourth-order valence-electron chi connectivity index (χ4n) is 0.864. The van der Waals surface area contributed by atoms with Crippen LogP contribution in [0.4, 0.5) is 0 Å². The largest absolute Gasteiger partial charge is 0.545 e. The first kappa shape index (κ1) is 11.0. The van der Waals surface area contributed by atoms with E-state index in [1.54, 1.807) is 0 Å². The minimum atomic E-state index is -4.00. The molecular weight excluding hydrogens is 222 g/mol. The van der Waals surface area contributed by atoms with Crippen LogP contribution in [-0.4, -0.2) is 14.4 Å². The van der Waals surface area contributed by atoms with Crippen molar-refractivity contribution in [3.05, 3.63) is 29.8 Å². The zero-order chi connectivity index (χ0) is 11.5. The third kappa shape index (κ3) is 2.46. The Bertz CT molecular complexity index is 528. The minimum Gasteiger partial charge on any atom is -0.545 e. The lowest BCUT2D eigenvalue weighted by atomic mass is 10.2. The highest BCUT2D eigenvalue weighted by Crippen LogP contribution is 2.12. The number of rotatable bonds is 3. The van der Waals surface area contributed by atoms with E-state index in [2.05, 4.69) is 9.43 Å². The van der Waals surface area contributed by atoms with Gasteiger partial charge in [-0.2, -0.15) is 8.42 Å². The Morgan fingerprint density at radius 3 is 2.27 bits per heavy atom. The molecule has 0 amide bonds. The van der Waals surface area contributed by atoms with E-state index >= 15 is 0 Å². The van der Waals surface area contributed by atoms with Crippen LogP contribution >= 0.6 is 0 Å². The Labute approximate surface area is 84.6 Å². The van der Waals surface area contributed by atoms with Gasteiger partial charge in [0.1, 0.15) is 5.53 Å². The number of benzene rings is 1. The summed E-state index contributed by atoms with van der Waals surface area (Å²) >= 11 is 0. The van der Waals surface area contributed by atoms with E-state index in [0.29, 0.717) is 0 Å². The number of carboxylic acid groups (broad SMARTS) is 1. The third-order valence-corrected chi connectivity index (χ3v) is 2.70. The highest BCUT2D eigenvalue weighted by atomic mass is 32.2. The van der Waals surface area contributed by atoms with Crippen molar-refractivity contribution in [2.75, 3.05) is 0 Å². The van der Waals surface area contributed by atoms with Crippen LogP contribution in [0.2, 0.25) is 0 Å². The van der Waals surface area contributed by atoms with Gasteiger partial charge in [-0.15, -0.1) is 0 Å². The minimum absolute atomic E-state index is 0.142. The molecular formula is C7H5N3O4S. The molecule has 0 aliphatic heterocycles. The van der Waals surface area contributed by atoms with Crippen LogP contribution in [0.1, 0.15) is 10.4 Å². The highest BCUT2D eigenvalue weighted by Gasteiger charge is 2.18. The first-order valence-corrected chi connectivity index (χ1v) is 5.06. The van der Waals surface area contributed by atoms with Gasteiger partial charge in [-0.3, -0.25) is 0 Å². The molecule has 0 aliphatic carbocycles. The van der Waals surface area contributed by atoms with Crippen LogP contribution in [0.5, 0.6) is 0 Å². The fourth-order valence-corrected chi connectivity index (χ4v) is 1.55. The molecule has 0 heterocycles. The second kappa shape index (κ2) is 3.99. The maximum absolute atomic E-state index is 11.2. The van der Waals surface area contributed by atoms with Crippen molar-refractivity contribution in [2.24, 2.45) is 4.52 Å². The van der Waals surface area contributed by atoms with Gasteiger partial charge in [-0.1, -0.05) is 12.1 Å². The number of aromatic carboxylic acids is 1. The molecule has 1 aromatic rings. The summed E-state index contributed by atoms with van der Waals surface area (Å²) in [7, 11) is -4.00. The maximum atomic E-state index is 11.2. The van der Waals surface area contributed by atoms with Crippen molar-refractivity contribution >= 4 is 16.0 Å². The smallest absolute Gasteiger partial charge is 0.355 e. The van der Waals surface area contributed by atoms with Crippen LogP contribution in [0.3, 0.4) is 0 Å². The van der Waals surface area contributed by atoms with Crippen molar-refractivity contribution < 1.29 is 18.3 Å². The van der Waals surface area contributed by atoms with E-state index in [4.69, 9.17) is 5.53 Å². The molecule has 1 rings (SSSR count). The topological polar surface area (TPSA) is 125 Å². The molecule has 0 atom stereocenters. The lowest BCUT2D eigenvalue weighted by molar-refractivity contribution is -0.255. The van der Waals surface area contributed by atoms with Crippen LogP contribution < -0.4 is 10.0 Å². The van der Waals surface area contributed by atoms with Crippen molar-refractivity contribution in [3.8, 4) is 0 Å². The number of hydrogen-bond donors (Lipinski definition) is 1. The SMILES string of the molecule is N=[N+]=NS(=O)(=O)c1ccc(C(=O)[O-])cc1. The molecule has 0 aromatic heterocycles. The number of carboxylic acids is 1. The van der Waals surface area contributed by atoms with Crippen molar-refractivity contribution in [2.45, 2.75) is 4.90 Å². The summed E-state index contributed by atoms with van der Waals surface area (Å²) in [5.41, 5.74) is 6.15. The second-order valence-corrected chi connectivity index (χ2v) is 4.05. The summed E-state index contributed by atoms with van der Waals surface area (Å²) in [4.78, 5) is 12.5. The number of nitrogens with one attached hydrogen (secondary N) is 1. The Morgan fingerprint density at radius 1 is 1.33 bits per heavy atom. The van der Waals surface area contributed by atoms with Crippen molar-refractivity contribution in [3.63, 3.8) is 0 Å². The number of sulfonamides is 1. The lowest BCUT2D eigenvalue weighted by Gasteiger charge is -2.00. The summed E-state index contributed by atoms with van der Waals surface area (Å²) < 4.78 is 25.0. The van der Waals surface area contributed by atoms with Gasteiger partial charge >= 0.3 is 10.0 Å². The Hall–Kier alpha value is -2.05. The molecule has 0 aliphatic rings. The van der Waals surface area contributed by atoms with Crippen molar-refractivity contribution in [1.82, 2.24) is 4.91 Å². The zero-order valence-corrected chi connectivity index (χ0v) is 8.06. The highest BCUT2D eigenvalue weighted by molar-refractivity contribution is 7.90. The van der Waals surface area contributed by atoms with Gasteiger partial charge in [0.15, 0.2) is 0 Å². The van der Waals surface area contributed by atoms with Gasteiger partial charge in [0.2, 0.25) is 4.91 Å². The van der Waals surface area contributed by atoms with Crippen LogP contribution in [-0.2, 0) is 10.0 Å². The quantitative estimate of drug-likeness (QED) is 0.540. The summed E-state index contributed by atoms with van der Waals surface area (Å²) in [5, 5.41) is 10.4. The molecule has 15 heavy (non-hydrogen) atoms. The van der Waals surface area contributed by atoms with Gasteiger partial charge in [0, 0.05) is 0 Å². The van der Waals surface area contributed by atoms with Gasteiger partial charge in [0.05, 0.1) is 10.9 Å². The Kier molecular flexibility index (Phi) is 2.93. The number of carbonyl (C=O) groups is 1. The van der Waals surface area contributed by atoms with Gasteiger partial charge in [-0.05, 0) is 17.7 Å². The summed E-state index contributed by atoms with van der Waals surface area (Å²) in [6.07, 6.45) is 0. The molecule has 8 heteroatoms. The van der Waals surface area contributed by atoms with E-state index in [-0.39, 0.29) is 10.5 Å². The van der Waals surface area contributed by atoms with Crippen molar-refractivity contribution in [1.29, 1.82) is 5.53 Å². The molecule has 0 saturated carbocycles. The van der Waals surface area contributed by atoms with E-state index in [1.165, 1.54) is 0 Å². The molecule has 0 bridgehead atoms. The van der Waals surface area contributed by atoms with E-state index in [1.807, 2.05) is 0 Å². The zero-order valence-electron chi connectivity index (χ0n) is 7.25. The Balaban J connectivity index is 3.21. The van der Waals surface area contributed by atoms with Crippen LogP contribution in [0.25, 0.3) is 0 Å². The molecule has 0 spiro atoms. The molecule has 7 nitrogen and oxygen atoms in total. The standard InChI is InChI=1S/C7H5N3O4S/c8-9-10-15(13,14)6-3-1-5(2-4-6)7(11)12/h1-4,8H. The summed E-state index contributed by atoms with van der Waals surface area (Å²) in [6.45, 7) is 0. The molecule has 1 N–H and O–H groups in total. The predicted molar refractivity (Wildman–Crippen MR) is 45.2 cm³/mol. The first-order valence-electron chi connectivity index (χ1n) is 3.62. The summed E-state index contributed by atoms with van der Waals surface area (Å²) in [6, 6.07) is 4.24.